The predicted molar refractivity (Wildman–Crippen MR) is 40.1 cm³/mol. The van der Waals surface area contributed by atoms with E-state index in [1.54, 1.807) is 0 Å². The first-order valence-corrected chi connectivity index (χ1v) is 4.16. The molecule has 1 unspecified atom stereocenters. The van der Waals surface area contributed by atoms with Gasteiger partial charge in [-0.3, -0.25) is 4.21 Å². The van der Waals surface area contributed by atoms with Gasteiger partial charge in [-0.1, -0.05) is 6.07 Å². The van der Waals surface area contributed by atoms with E-state index in [1.807, 2.05) is 0 Å². The number of benzene rings is 1. The van der Waals surface area contributed by atoms with Crippen LogP contribution in [0.1, 0.15) is 0 Å². The fourth-order valence-electron chi connectivity index (χ4n) is 0.818. The van der Waals surface area contributed by atoms with E-state index in [1.165, 1.54) is 19.2 Å². The summed E-state index contributed by atoms with van der Waals surface area (Å²) in [5, 5.41) is 0. The Morgan fingerprint density at radius 1 is 1.54 bits per heavy atom. The molecule has 0 spiro atoms. The fourth-order valence-corrected chi connectivity index (χ4v) is 1.34. The maximum atomic E-state index is 12.8. The second-order valence-electron chi connectivity index (χ2n) is 2.01. The van der Waals surface area contributed by atoms with Crippen LogP contribution < -0.4 is 34.3 Å². The van der Waals surface area contributed by atoms with E-state index in [9.17, 15) is 13.2 Å². The molecule has 0 aliphatic carbocycles. The van der Waals surface area contributed by atoms with Gasteiger partial charge in [0.15, 0.2) is 11.6 Å². The van der Waals surface area contributed by atoms with E-state index >= 15 is 0 Å². The van der Waals surface area contributed by atoms with Gasteiger partial charge in [0.2, 0.25) is 0 Å². The normalized spacial score (nSPS) is 11.6. The van der Waals surface area contributed by atoms with Crippen LogP contribution in [0.15, 0.2) is 23.1 Å². The molecule has 1 aromatic carbocycles. The summed E-state index contributed by atoms with van der Waals surface area (Å²) < 4.78 is 38.4. The minimum absolute atomic E-state index is 0. The number of methoxy groups -OCH3 is 1. The van der Waals surface area contributed by atoms with Crippen LogP contribution in [0, 0.1) is 5.82 Å². The quantitative estimate of drug-likeness (QED) is 0.424. The van der Waals surface area contributed by atoms with E-state index < -0.39 is 16.9 Å². The van der Waals surface area contributed by atoms with E-state index in [2.05, 4.69) is 4.74 Å². The molecule has 13 heavy (non-hydrogen) atoms. The van der Waals surface area contributed by atoms with Crippen molar-refractivity contribution in [3.63, 3.8) is 0 Å². The molecule has 0 heterocycles. The molecule has 0 fully saturated rings. The Labute approximate surface area is 99.9 Å². The van der Waals surface area contributed by atoms with Crippen LogP contribution in [-0.2, 0) is 11.1 Å². The molecule has 0 saturated carbocycles. The number of hydrogen-bond donors (Lipinski definition) is 0. The predicted octanol–water partition coefficient (Wildman–Crippen LogP) is -1.92. The molecule has 0 bridgehead atoms. The summed E-state index contributed by atoms with van der Waals surface area (Å²) in [5.41, 5.74) is 0. The monoisotopic (exact) mass is 212 g/mol. The Morgan fingerprint density at radius 3 is 2.54 bits per heavy atom. The third-order valence-corrected chi connectivity index (χ3v) is 2.00. The summed E-state index contributed by atoms with van der Waals surface area (Å²) in [7, 11) is 1.22. The first-order valence-electron chi connectivity index (χ1n) is 3.08. The van der Waals surface area contributed by atoms with Crippen LogP contribution in [0.5, 0.6) is 5.75 Å². The zero-order valence-electron chi connectivity index (χ0n) is 7.24. The summed E-state index contributed by atoms with van der Waals surface area (Å²) in [6.07, 6.45) is 0. The Bertz CT molecular complexity index is 319. The van der Waals surface area contributed by atoms with Crippen molar-refractivity contribution in [2.24, 2.45) is 0 Å². The summed E-state index contributed by atoms with van der Waals surface area (Å²) >= 11 is -2.47. The van der Waals surface area contributed by atoms with Gasteiger partial charge in [0, 0.05) is 0 Å². The number of para-hydroxylation sites is 1. The molecule has 0 radical (unpaired) electrons. The van der Waals surface area contributed by atoms with Crippen molar-refractivity contribution in [1.29, 1.82) is 0 Å². The SMILES string of the molecule is COc1c(F)cccc1S(=O)[O-].[Na+]. The van der Waals surface area contributed by atoms with Crippen molar-refractivity contribution < 1.29 is 47.4 Å². The second kappa shape index (κ2) is 5.72. The molecule has 3 nitrogen and oxygen atoms in total. The maximum absolute atomic E-state index is 12.8. The molecular weight excluding hydrogens is 206 g/mol. The van der Waals surface area contributed by atoms with Gasteiger partial charge in [-0.15, -0.1) is 0 Å². The minimum Gasteiger partial charge on any atom is -0.768 e. The summed E-state index contributed by atoms with van der Waals surface area (Å²) in [6.45, 7) is 0. The van der Waals surface area contributed by atoms with Crippen LogP contribution in [0.2, 0.25) is 0 Å². The van der Waals surface area contributed by atoms with Crippen LogP contribution in [0.25, 0.3) is 0 Å². The molecule has 0 aliphatic rings. The van der Waals surface area contributed by atoms with Crippen LogP contribution in [0.3, 0.4) is 0 Å². The molecule has 0 saturated heterocycles. The molecule has 0 N–H and O–H groups in total. The Balaban J connectivity index is 0.00000144. The molecule has 66 valence electrons. The van der Waals surface area contributed by atoms with E-state index in [0.29, 0.717) is 0 Å². The van der Waals surface area contributed by atoms with E-state index in [4.69, 9.17) is 0 Å². The van der Waals surface area contributed by atoms with E-state index in [-0.39, 0.29) is 40.2 Å². The van der Waals surface area contributed by atoms with Crippen molar-refractivity contribution >= 4 is 11.1 Å². The smallest absolute Gasteiger partial charge is 0.768 e. The average Bonchev–Trinajstić information content (AvgIpc) is 2.03. The molecule has 1 rings (SSSR count). The third kappa shape index (κ3) is 3.03. The van der Waals surface area contributed by atoms with Gasteiger partial charge >= 0.3 is 29.6 Å². The Kier molecular flexibility index (Phi) is 5.75. The molecule has 1 aromatic rings. The largest absolute Gasteiger partial charge is 1.00 e. The van der Waals surface area contributed by atoms with Gasteiger partial charge in [0.05, 0.1) is 12.0 Å². The van der Waals surface area contributed by atoms with Crippen LogP contribution in [-0.4, -0.2) is 15.9 Å². The zero-order valence-corrected chi connectivity index (χ0v) is 10.1. The van der Waals surface area contributed by atoms with E-state index in [0.717, 1.165) is 6.07 Å². The molecule has 1 atom stereocenters. The summed E-state index contributed by atoms with van der Waals surface area (Å²) in [4.78, 5) is -0.169. The first kappa shape index (κ1) is 13.1. The topological polar surface area (TPSA) is 49.4 Å². The number of halogens is 1. The van der Waals surface area contributed by atoms with Crippen LogP contribution in [0.4, 0.5) is 4.39 Å². The van der Waals surface area contributed by atoms with Gasteiger partial charge < -0.3 is 9.29 Å². The molecule has 0 aliphatic heterocycles. The van der Waals surface area contributed by atoms with Gasteiger partial charge in [-0.25, -0.2) is 4.39 Å². The van der Waals surface area contributed by atoms with Gasteiger partial charge in [0.25, 0.3) is 0 Å². The fraction of sp³-hybridized carbons (Fsp3) is 0.143. The van der Waals surface area contributed by atoms with Crippen molar-refractivity contribution in [2.75, 3.05) is 7.11 Å². The average molecular weight is 212 g/mol. The van der Waals surface area contributed by atoms with Gasteiger partial charge in [-0.05, 0) is 23.2 Å². The standard InChI is InChI=1S/C7H7FO3S.Na/c1-11-7-5(8)3-2-4-6(7)12(9)10;/h2-4H,1H3,(H,9,10);/q;+1/p-1. The third-order valence-electron chi connectivity index (χ3n) is 1.31. The second-order valence-corrected chi connectivity index (χ2v) is 2.92. The molecular formula is C7H6FNaO3S. The Hall–Kier alpha value is 0.0600. The van der Waals surface area contributed by atoms with Gasteiger partial charge in [0.1, 0.15) is 0 Å². The van der Waals surface area contributed by atoms with Crippen molar-refractivity contribution in [1.82, 2.24) is 0 Å². The molecule has 0 aromatic heterocycles. The van der Waals surface area contributed by atoms with Crippen LogP contribution >= 0.6 is 0 Å². The number of ether oxygens (including phenoxy) is 1. The van der Waals surface area contributed by atoms with Crippen molar-refractivity contribution in [2.45, 2.75) is 4.90 Å². The summed E-state index contributed by atoms with van der Waals surface area (Å²) in [6, 6.07) is 3.71. The van der Waals surface area contributed by atoms with Crippen molar-refractivity contribution in [3.8, 4) is 5.75 Å². The minimum atomic E-state index is -2.47. The first-order chi connectivity index (χ1) is 5.66. The number of rotatable bonds is 2. The maximum Gasteiger partial charge on any atom is 1.00 e. The zero-order chi connectivity index (χ0) is 9.14. The van der Waals surface area contributed by atoms with Crippen molar-refractivity contribution in [3.05, 3.63) is 24.0 Å². The summed E-state index contributed by atoms with van der Waals surface area (Å²) in [5.74, 6) is -0.926. The van der Waals surface area contributed by atoms with Gasteiger partial charge in [-0.2, -0.15) is 0 Å². The molecule has 0 amide bonds. The Morgan fingerprint density at radius 2 is 2.15 bits per heavy atom. The molecule has 6 heteroatoms. The number of hydrogen-bond acceptors (Lipinski definition) is 3.